The molecule has 2 aromatic heterocycles. The Morgan fingerprint density at radius 3 is 3.00 bits per heavy atom. The van der Waals surface area contributed by atoms with Gasteiger partial charge in [-0.15, -0.1) is 0 Å². The number of amides is 1. The summed E-state index contributed by atoms with van der Waals surface area (Å²) < 4.78 is 0. The maximum Gasteiger partial charge on any atom is 0.272 e. The number of H-pyrrole nitrogens is 1. The van der Waals surface area contributed by atoms with Gasteiger partial charge in [0.15, 0.2) is 5.69 Å². The van der Waals surface area contributed by atoms with Crippen molar-refractivity contribution < 1.29 is 9.90 Å². The molecule has 1 saturated heterocycles. The van der Waals surface area contributed by atoms with Gasteiger partial charge < -0.3 is 15.3 Å². The number of aryl methyl sites for hydroxylation is 1. The van der Waals surface area contributed by atoms with Crippen LogP contribution in [0.15, 0.2) is 18.5 Å². The Balaban J connectivity index is 1.40. The number of fused-ring (bicyclic) bond motifs is 1. The van der Waals surface area contributed by atoms with E-state index in [0.29, 0.717) is 24.6 Å². The number of nitrogens with zero attached hydrogens (tertiary/aromatic N) is 4. The number of anilines is 1. The van der Waals surface area contributed by atoms with E-state index in [4.69, 9.17) is 0 Å². The predicted octanol–water partition coefficient (Wildman–Crippen LogP) is 0.450. The fourth-order valence-corrected chi connectivity index (χ4v) is 3.72. The van der Waals surface area contributed by atoms with Gasteiger partial charge in [-0.2, -0.15) is 5.10 Å². The third kappa shape index (κ3) is 3.21. The molecule has 1 fully saturated rings. The number of nitrogens with one attached hydrogen (secondary N) is 2. The Morgan fingerprint density at radius 1 is 1.32 bits per heavy atom. The van der Waals surface area contributed by atoms with Gasteiger partial charge in [-0.3, -0.25) is 9.89 Å². The standard InChI is InChI=1S/C17H22N6O2/c24-15(14-12-4-1-5-13(12)21-22-14)20-10-17(25)6-2-9-23(11-17)16-18-7-3-8-19-16/h3,7-8,25H,1-2,4-6,9-11H2,(H,20,24)(H,21,22)/t17-/m1/s1. The molecule has 8 heteroatoms. The normalized spacial score (nSPS) is 22.7. The number of β-amino-alcohol motifs (C(OH)–C–C–N with tert-alkyl or cyclic N) is 1. The lowest BCUT2D eigenvalue weighted by Crippen LogP contribution is -2.54. The average Bonchev–Trinajstić information content (AvgIpc) is 3.24. The number of aromatic amines is 1. The second-order valence-corrected chi connectivity index (χ2v) is 6.86. The molecule has 4 rings (SSSR count). The highest BCUT2D eigenvalue weighted by atomic mass is 16.3. The van der Waals surface area contributed by atoms with Crippen LogP contribution in [0.3, 0.4) is 0 Å². The number of carbonyl (C=O) groups excluding carboxylic acids is 1. The van der Waals surface area contributed by atoms with E-state index < -0.39 is 5.60 Å². The van der Waals surface area contributed by atoms with Gasteiger partial charge in [-0.05, 0) is 38.2 Å². The van der Waals surface area contributed by atoms with Crippen molar-refractivity contribution >= 4 is 11.9 Å². The zero-order chi connectivity index (χ0) is 17.3. The van der Waals surface area contributed by atoms with Crippen molar-refractivity contribution in [3.8, 4) is 0 Å². The second-order valence-electron chi connectivity index (χ2n) is 6.86. The lowest BCUT2D eigenvalue weighted by atomic mass is 9.93. The van der Waals surface area contributed by atoms with Crippen LogP contribution in [0.2, 0.25) is 0 Å². The number of rotatable bonds is 4. The SMILES string of the molecule is O=C(NC[C@]1(O)CCCN(c2ncccn2)C1)c1n[nH]c2c1CCC2. The highest BCUT2D eigenvalue weighted by Crippen LogP contribution is 2.25. The van der Waals surface area contributed by atoms with Crippen LogP contribution in [0.5, 0.6) is 0 Å². The molecule has 0 radical (unpaired) electrons. The van der Waals surface area contributed by atoms with Crippen LogP contribution < -0.4 is 10.2 Å². The smallest absolute Gasteiger partial charge is 0.272 e. The van der Waals surface area contributed by atoms with Gasteiger partial charge in [0.25, 0.3) is 5.91 Å². The van der Waals surface area contributed by atoms with Gasteiger partial charge in [0.2, 0.25) is 5.95 Å². The highest BCUT2D eigenvalue weighted by Gasteiger charge is 2.35. The van der Waals surface area contributed by atoms with Crippen LogP contribution in [0.25, 0.3) is 0 Å². The molecule has 0 saturated carbocycles. The number of aliphatic hydroxyl groups is 1. The minimum Gasteiger partial charge on any atom is -0.386 e. The van der Waals surface area contributed by atoms with E-state index in [0.717, 1.165) is 43.5 Å². The zero-order valence-corrected chi connectivity index (χ0v) is 14.0. The van der Waals surface area contributed by atoms with Gasteiger partial charge in [-0.25, -0.2) is 9.97 Å². The molecule has 3 N–H and O–H groups in total. The van der Waals surface area contributed by atoms with Crippen LogP contribution >= 0.6 is 0 Å². The predicted molar refractivity (Wildman–Crippen MR) is 91.4 cm³/mol. The van der Waals surface area contributed by atoms with Crippen molar-refractivity contribution in [2.24, 2.45) is 0 Å². The van der Waals surface area contributed by atoms with E-state index in [1.165, 1.54) is 0 Å². The summed E-state index contributed by atoms with van der Waals surface area (Å²) in [4.78, 5) is 22.9. The third-order valence-corrected chi connectivity index (χ3v) is 4.99. The zero-order valence-electron chi connectivity index (χ0n) is 14.0. The molecule has 1 aliphatic heterocycles. The Kier molecular flexibility index (Phi) is 4.12. The largest absolute Gasteiger partial charge is 0.386 e. The number of piperidine rings is 1. The monoisotopic (exact) mass is 342 g/mol. The van der Waals surface area contributed by atoms with Crippen LogP contribution in [-0.2, 0) is 12.8 Å². The topological polar surface area (TPSA) is 107 Å². The average molecular weight is 342 g/mol. The molecule has 0 spiro atoms. The van der Waals surface area contributed by atoms with E-state index in [1.807, 2.05) is 4.90 Å². The van der Waals surface area contributed by atoms with Gasteiger partial charge >= 0.3 is 0 Å². The molecule has 3 heterocycles. The molecule has 25 heavy (non-hydrogen) atoms. The lowest BCUT2D eigenvalue weighted by molar-refractivity contribution is 0.0251. The summed E-state index contributed by atoms with van der Waals surface area (Å²) in [5, 5.41) is 20.8. The van der Waals surface area contributed by atoms with Crippen molar-refractivity contribution in [3.05, 3.63) is 35.4 Å². The van der Waals surface area contributed by atoms with Crippen molar-refractivity contribution in [2.45, 2.75) is 37.7 Å². The molecule has 2 aliphatic rings. The molecule has 1 amide bonds. The molecule has 0 aromatic carbocycles. The van der Waals surface area contributed by atoms with Crippen LogP contribution in [0.4, 0.5) is 5.95 Å². The van der Waals surface area contributed by atoms with E-state index in [2.05, 4.69) is 25.5 Å². The second kappa shape index (κ2) is 6.44. The summed E-state index contributed by atoms with van der Waals surface area (Å²) >= 11 is 0. The van der Waals surface area contributed by atoms with E-state index in [-0.39, 0.29) is 12.5 Å². The first kappa shape index (κ1) is 16.0. The molecule has 1 atom stereocenters. The van der Waals surface area contributed by atoms with Gasteiger partial charge in [0.05, 0.1) is 12.1 Å². The van der Waals surface area contributed by atoms with Gasteiger partial charge in [0, 0.05) is 36.7 Å². The fourth-order valence-electron chi connectivity index (χ4n) is 3.72. The van der Waals surface area contributed by atoms with Gasteiger partial charge in [0.1, 0.15) is 0 Å². The Morgan fingerprint density at radius 2 is 2.16 bits per heavy atom. The summed E-state index contributed by atoms with van der Waals surface area (Å²) in [5.74, 6) is 0.387. The van der Waals surface area contributed by atoms with E-state index >= 15 is 0 Å². The number of aromatic nitrogens is 4. The first-order chi connectivity index (χ1) is 12.1. The molecular formula is C17H22N6O2. The summed E-state index contributed by atoms with van der Waals surface area (Å²) in [7, 11) is 0. The first-order valence-corrected chi connectivity index (χ1v) is 8.73. The van der Waals surface area contributed by atoms with Crippen molar-refractivity contribution in [3.63, 3.8) is 0 Å². The third-order valence-electron chi connectivity index (χ3n) is 4.99. The summed E-state index contributed by atoms with van der Waals surface area (Å²) in [6.07, 6.45) is 7.73. The van der Waals surface area contributed by atoms with Crippen LogP contribution in [0.1, 0.15) is 41.0 Å². The fraction of sp³-hybridized carbons (Fsp3) is 0.529. The number of carbonyl (C=O) groups is 1. The molecule has 132 valence electrons. The Labute approximate surface area is 145 Å². The molecule has 1 aliphatic carbocycles. The van der Waals surface area contributed by atoms with Crippen LogP contribution in [0, 0.1) is 0 Å². The molecule has 0 bridgehead atoms. The molecular weight excluding hydrogens is 320 g/mol. The van der Waals surface area contributed by atoms with Crippen molar-refractivity contribution in [2.75, 3.05) is 24.5 Å². The van der Waals surface area contributed by atoms with Crippen molar-refractivity contribution in [1.82, 2.24) is 25.5 Å². The Bertz CT molecular complexity index is 762. The number of hydrogen-bond acceptors (Lipinski definition) is 6. The van der Waals surface area contributed by atoms with Crippen LogP contribution in [-0.4, -0.2) is 56.4 Å². The molecule has 2 aromatic rings. The molecule has 0 unspecified atom stereocenters. The van der Waals surface area contributed by atoms with Gasteiger partial charge in [-0.1, -0.05) is 0 Å². The Hall–Kier alpha value is -2.48. The summed E-state index contributed by atoms with van der Waals surface area (Å²) in [6.45, 7) is 1.39. The minimum atomic E-state index is -0.993. The lowest BCUT2D eigenvalue weighted by Gasteiger charge is -2.39. The quantitative estimate of drug-likeness (QED) is 0.745. The first-order valence-electron chi connectivity index (χ1n) is 8.73. The summed E-state index contributed by atoms with van der Waals surface area (Å²) in [6, 6.07) is 1.77. The summed E-state index contributed by atoms with van der Waals surface area (Å²) in [5.41, 5.74) is 1.56. The molecule has 8 nitrogen and oxygen atoms in total. The maximum atomic E-state index is 12.5. The van der Waals surface area contributed by atoms with E-state index in [9.17, 15) is 9.90 Å². The maximum absolute atomic E-state index is 12.5. The van der Waals surface area contributed by atoms with Crippen molar-refractivity contribution in [1.29, 1.82) is 0 Å². The van der Waals surface area contributed by atoms with E-state index in [1.54, 1.807) is 18.5 Å². The minimum absolute atomic E-state index is 0.191. The highest BCUT2D eigenvalue weighted by molar-refractivity contribution is 5.94. The number of hydrogen-bond donors (Lipinski definition) is 3.